The van der Waals surface area contributed by atoms with E-state index in [0.717, 1.165) is 17.7 Å². The maximum absolute atomic E-state index is 12.9. The third kappa shape index (κ3) is 4.52. The van der Waals surface area contributed by atoms with E-state index in [-0.39, 0.29) is 5.91 Å². The number of likely N-dealkylation sites (tertiary alicyclic amines) is 1. The van der Waals surface area contributed by atoms with E-state index in [1.165, 1.54) is 28.5 Å². The number of piperazine rings is 1. The zero-order chi connectivity index (χ0) is 19.6. The van der Waals surface area contributed by atoms with Gasteiger partial charge in [0.15, 0.2) is 6.54 Å². The second kappa shape index (κ2) is 8.29. The van der Waals surface area contributed by atoms with Crippen molar-refractivity contribution in [2.45, 2.75) is 51.0 Å². The SMILES string of the molecule is Cc1ccc(S(=O)(=O)N2CCN(C(=O)C[NH+]3CCCC[C@@H]3C)CC2)cc1C. The summed E-state index contributed by atoms with van der Waals surface area (Å²) in [7, 11) is -3.50. The molecule has 0 aliphatic carbocycles. The minimum Gasteiger partial charge on any atom is -0.335 e. The van der Waals surface area contributed by atoms with Crippen LogP contribution in [0.25, 0.3) is 0 Å². The van der Waals surface area contributed by atoms with Gasteiger partial charge in [-0.2, -0.15) is 4.31 Å². The van der Waals surface area contributed by atoms with Gasteiger partial charge in [-0.15, -0.1) is 0 Å². The number of nitrogens with zero attached hydrogens (tertiary/aromatic N) is 2. The van der Waals surface area contributed by atoms with Gasteiger partial charge in [0.25, 0.3) is 5.91 Å². The lowest BCUT2D eigenvalue weighted by Gasteiger charge is -2.36. The Morgan fingerprint density at radius 2 is 1.81 bits per heavy atom. The fourth-order valence-corrected chi connectivity index (χ4v) is 5.53. The first kappa shape index (κ1) is 20.3. The van der Waals surface area contributed by atoms with Crippen molar-refractivity contribution in [3.8, 4) is 0 Å². The molecule has 7 heteroatoms. The van der Waals surface area contributed by atoms with Crippen LogP contribution in [0.1, 0.15) is 37.3 Å². The van der Waals surface area contributed by atoms with Crippen LogP contribution in [0.4, 0.5) is 0 Å². The minimum atomic E-state index is -3.50. The van der Waals surface area contributed by atoms with E-state index in [1.807, 2.05) is 24.8 Å². The molecular weight excluding hydrogens is 362 g/mol. The normalized spacial score (nSPS) is 24.8. The molecule has 0 saturated carbocycles. The van der Waals surface area contributed by atoms with Crippen molar-refractivity contribution in [1.82, 2.24) is 9.21 Å². The van der Waals surface area contributed by atoms with Gasteiger partial charge in [0.05, 0.1) is 17.5 Å². The van der Waals surface area contributed by atoms with Crippen LogP contribution in [0.15, 0.2) is 23.1 Å². The summed E-state index contributed by atoms with van der Waals surface area (Å²) in [6.07, 6.45) is 3.63. The number of piperidine rings is 1. The molecule has 3 rings (SSSR count). The summed E-state index contributed by atoms with van der Waals surface area (Å²) >= 11 is 0. The smallest absolute Gasteiger partial charge is 0.277 e. The number of rotatable bonds is 4. The zero-order valence-electron chi connectivity index (χ0n) is 16.7. The number of hydrogen-bond acceptors (Lipinski definition) is 3. The van der Waals surface area contributed by atoms with E-state index in [4.69, 9.17) is 0 Å². The molecular formula is C20H32N3O3S+. The number of amides is 1. The number of nitrogens with one attached hydrogen (secondary N) is 1. The lowest BCUT2D eigenvalue weighted by atomic mass is 10.0. The van der Waals surface area contributed by atoms with E-state index >= 15 is 0 Å². The molecule has 1 amide bonds. The number of benzene rings is 1. The number of sulfonamides is 1. The van der Waals surface area contributed by atoms with Gasteiger partial charge in [0.2, 0.25) is 10.0 Å². The minimum absolute atomic E-state index is 0.155. The number of carbonyl (C=O) groups is 1. The number of aryl methyl sites for hydroxylation is 2. The highest BCUT2D eigenvalue weighted by molar-refractivity contribution is 7.89. The summed E-state index contributed by atoms with van der Waals surface area (Å²) < 4.78 is 27.3. The lowest BCUT2D eigenvalue weighted by molar-refractivity contribution is -0.921. The van der Waals surface area contributed by atoms with Gasteiger partial charge < -0.3 is 9.80 Å². The van der Waals surface area contributed by atoms with Crippen molar-refractivity contribution in [1.29, 1.82) is 0 Å². The van der Waals surface area contributed by atoms with E-state index < -0.39 is 10.0 Å². The average molecular weight is 395 g/mol. The molecule has 0 bridgehead atoms. The van der Waals surface area contributed by atoms with Gasteiger partial charge >= 0.3 is 0 Å². The number of quaternary nitrogens is 1. The Morgan fingerprint density at radius 1 is 1.11 bits per heavy atom. The lowest BCUT2D eigenvalue weighted by Crippen LogP contribution is -3.17. The molecule has 1 aromatic rings. The van der Waals surface area contributed by atoms with Crippen LogP contribution in [-0.2, 0) is 14.8 Å². The third-order valence-electron chi connectivity index (χ3n) is 6.17. The average Bonchev–Trinajstić information content (AvgIpc) is 2.65. The highest BCUT2D eigenvalue weighted by Gasteiger charge is 2.32. The Bertz CT molecular complexity index is 786. The first-order chi connectivity index (χ1) is 12.8. The van der Waals surface area contributed by atoms with Crippen LogP contribution in [0.3, 0.4) is 0 Å². The van der Waals surface area contributed by atoms with Crippen LogP contribution in [0.2, 0.25) is 0 Å². The van der Waals surface area contributed by atoms with Gasteiger partial charge in [-0.05, 0) is 63.3 Å². The molecule has 6 nitrogen and oxygen atoms in total. The predicted octanol–water partition coefficient (Wildman–Crippen LogP) is 0.594. The first-order valence-electron chi connectivity index (χ1n) is 9.99. The number of hydrogen-bond donors (Lipinski definition) is 1. The molecule has 2 aliphatic rings. The van der Waals surface area contributed by atoms with E-state index in [2.05, 4.69) is 6.92 Å². The Labute approximate surface area is 163 Å². The molecule has 0 spiro atoms. The molecule has 150 valence electrons. The zero-order valence-corrected chi connectivity index (χ0v) is 17.5. The number of carbonyl (C=O) groups excluding carboxylic acids is 1. The molecule has 1 unspecified atom stereocenters. The van der Waals surface area contributed by atoms with Crippen LogP contribution >= 0.6 is 0 Å². The van der Waals surface area contributed by atoms with Gasteiger partial charge in [-0.3, -0.25) is 4.79 Å². The quantitative estimate of drug-likeness (QED) is 0.813. The molecule has 0 radical (unpaired) electrons. The summed E-state index contributed by atoms with van der Waals surface area (Å²) in [5.74, 6) is 0.155. The largest absolute Gasteiger partial charge is 0.335 e. The molecule has 1 aromatic carbocycles. The molecule has 2 atom stereocenters. The summed E-state index contributed by atoms with van der Waals surface area (Å²) in [4.78, 5) is 16.2. The highest BCUT2D eigenvalue weighted by atomic mass is 32.2. The standard InChI is InChI=1S/C20H31N3O3S/c1-16-7-8-19(14-17(16)2)27(25,26)23-12-10-21(11-13-23)20(24)15-22-9-5-4-6-18(22)3/h7-8,14,18H,4-6,9-13,15H2,1-3H3/p+1/t18-/m0/s1. The second-order valence-electron chi connectivity index (χ2n) is 8.01. The van der Waals surface area contributed by atoms with Crippen LogP contribution < -0.4 is 4.90 Å². The van der Waals surface area contributed by atoms with Crippen molar-refractivity contribution >= 4 is 15.9 Å². The molecule has 27 heavy (non-hydrogen) atoms. The van der Waals surface area contributed by atoms with Crippen molar-refractivity contribution in [2.24, 2.45) is 0 Å². The topological polar surface area (TPSA) is 62.1 Å². The van der Waals surface area contributed by atoms with Gasteiger partial charge in [-0.1, -0.05) is 6.07 Å². The monoisotopic (exact) mass is 394 g/mol. The Balaban J connectivity index is 1.59. The van der Waals surface area contributed by atoms with Gasteiger partial charge in [0.1, 0.15) is 0 Å². The second-order valence-corrected chi connectivity index (χ2v) is 9.95. The Morgan fingerprint density at radius 3 is 2.44 bits per heavy atom. The first-order valence-corrected chi connectivity index (χ1v) is 11.4. The molecule has 2 aliphatic heterocycles. The van der Waals surface area contributed by atoms with Crippen molar-refractivity contribution < 1.29 is 18.1 Å². The fourth-order valence-electron chi connectivity index (χ4n) is 4.02. The molecule has 2 saturated heterocycles. The van der Waals surface area contributed by atoms with Crippen molar-refractivity contribution in [3.05, 3.63) is 29.3 Å². The summed E-state index contributed by atoms with van der Waals surface area (Å²) in [5, 5.41) is 0. The maximum Gasteiger partial charge on any atom is 0.277 e. The van der Waals surface area contributed by atoms with E-state index in [1.54, 1.807) is 12.1 Å². The molecule has 2 fully saturated rings. The predicted molar refractivity (Wildman–Crippen MR) is 105 cm³/mol. The van der Waals surface area contributed by atoms with Crippen molar-refractivity contribution in [2.75, 3.05) is 39.3 Å². The maximum atomic E-state index is 12.9. The van der Waals surface area contributed by atoms with Crippen LogP contribution in [-0.4, -0.2) is 68.8 Å². The Kier molecular flexibility index (Phi) is 6.23. The fraction of sp³-hybridized carbons (Fsp3) is 0.650. The third-order valence-corrected chi connectivity index (χ3v) is 8.06. The van der Waals surface area contributed by atoms with Crippen LogP contribution in [0.5, 0.6) is 0 Å². The van der Waals surface area contributed by atoms with Crippen LogP contribution in [0, 0.1) is 13.8 Å². The van der Waals surface area contributed by atoms with Crippen molar-refractivity contribution in [3.63, 3.8) is 0 Å². The van der Waals surface area contributed by atoms with E-state index in [9.17, 15) is 13.2 Å². The summed E-state index contributed by atoms with van der Waals surface area (Å²) in [6.45, 7) is 9.40. The summed E-state index contributed by atoms with van der Waals surface area (Å²) in [6, 6.07) is 5.80. The van der Waals surface area contributed by atoms with Gasteiger partial charge in [-0.25, -0.2) is 8.42 Å². The molecule has 1 N–H and O–H groups in total. The highest BCUT2D eigenvalue weighted by Crippen LogP contribution is 2.20. The molecule has 2 heterocycles. The van der Waals surface area contributed by atoms with Gasteiger partial charge in [0, 0.05) is 26.2 Å². The Hall–Kier alpha value is -1.44. The summed E-state index contributed by atoms with van der Waals surface area (Å²) in [5.41, 5.74) is 2.06. The molecule has 0 aromatic heterocycles. The van der Waals surface area contributed by atoms with E-state index in [0.29, 0.717) is 43.7 Å².